The third-order valence-electron chi connectivity index (χ3n) is 0.750. The molecule has 15 heavy (non-hydrogen) atoms. The minimum absolute atomic E-state index is 1.25. The molecule has 0 heterocycles. The van der Waals surface area contributed by atoms with Crippen LogP contribution in [0.1, 0.15) is 77.0 Å². The van der Waals surface area contributed by atoms with Gasteiger partial charge in [-0.3, -0.25) is 0 Å². The van der Waals surface area contributed by atoms with Crippen LogP contribution in [0, 0.1) is 0 Å². The van der Waals surface area contributed by atoms with Gasteiger partial charge in [0.05, 0.1) is 0 Å². The van der Waals surface area contributed by atoms with E-state index in [0.29, 0.717) is 0 Å². The summed E-state index contributed by atoms with van der Waals surface area (Å²) in [5.74, 6) is 0. The molecular formula is C15H34. The van der Waals surface area contributed by atoms with Gasteiger partial charge in [-0.1, -0.05) is 71.2 Å². The lowest BCUT2D eigenvalue weighted by molar-refractivity contribution is 1.09. The molecule has 0 unspecified atom stereocenters. The van der Waals surface area contributed by atoms with Crippen LogP contribution in [0.3, 0.4) is 0 Å². The molecule has 0 nitrogen and oxygen atoms in total. The Morgan fingerprint density at radius 1 is 0.800 bits per heavy atom. The van der Waals surface area contributed by atoms with Crippen LogP contribution in [0.2, 0.25) is 0 Å². The fourth-order valence-corrected chi connectivity index (χ4v) is 0.333. The van der Waals surface area contributed by atoms with E-state index < -0.39 is 0 Å². The Hall–Kier alpha value is -0.520. The number of allylic oxidation sites excluding steroid dienone is 4. The summed E-state index contributed by atoms with van der Waals surface area (Å²) in [6, 6.07) is 0. The Labute approximate surface area is 101 Å². The van der Waals surface area contributed by atoms with E-state index in [-0.39, 0.29) is 0 Å². The molecule has 0 amide bonds. The first-order valence-electron chi connectivity index (χ1n) is 6.74. The molecule has 0 atom stereocenters. The number of hydrogen-bond acceptors (Lipinski definition) is 0. The number of hydrogen-bond donors (Lipinski definition) is 0. The van der Waals surface area contributed by atoms with Gasteiger partial charge in [0, 0.05) is 1.37 Å². The van der Waals surface area contributed by atoms with Gasteiger partial charge in [0.25, 0.3) is 0 Å². The summed E-state index contributed by atoms with van der Waals surface area (Å²) in [4.78, 5) is 0. The van der Waals surface area contributed by atoms with E-state index in [1.54, 1.807) is 0 Å². The zero-order valence-corrected chi connectivity index (χ0v) is 12.6. The highest BCUT2D eigenvalue weighted by atomic mass is 13.8. The van der Waals surface area contributed by atoms with Gasteiger partial charge in [0.15, 0.2) is 0 Å². The Kier molecular flexibility index (Phi) is 31.1. The van der Waals surface area contributed by atoms with Crippen molar-refractivity contribution in [1.82, 2.24) is 0 Å². The predicted molar refractivity (Wildman–Crippen MR) is 77.5 cm³/mol. The Morgan fingerprint density at radius 2 is 0.933 bits per heavy atom. The molecule has 0 aromatic rings. The minimum atomic E-state index is 1.25. The van der Waals surface area contributed by atoms with Crippen LogP contribution in [0.4, 0.5) is 0 Å². The van der Waals surface area contributed by atoms with Crippen molar-refractivity contribution >= 4 is 0 Å². The molecule has 94 valence electrons. The van der Waals surface area contributed by atoms with Gasteiger partial charge in [-0.15, -0.1) is 0 Å². The topological polar surface area (TPSA) is 0 Å². The van der Waals surface area contributed by atoms with Gasteiger partial charge in [0.1, 0.15) is 0 Å². The van der Waals surface area contributed by atoms with Crippen molar-refractivity contribution < 1.29 is 1.37 Å². The van der Waals surface area contributed by atoms with Crippen LogP contribution >= 0.6 is 0 Å². The summed E-state index contributed by atoms with van der Waals surface area (Å²) >= 11 is 0. The Bertz CT molecular complexity index is 118. The molecule has 0 N–H and O–H groups in total. The summed E-state index contributed by atoms with van der Waals surface area (Å²) in [6.45, 7) is 16.9. The highest BCUT2D eigenvalue weighted by Gasteiger charge is 1.71. The molecule has 0 aliphatic rings. The molecular weight excluding hydrogens is 180 g/mol. The van der Waals surface area contributed by atoms with Crippen molar-refractivity contribution in [2.24, 2.45) is 0 Å². The molecule has 0 fully saturated rings. The van der Waals surface area contributed by atoms with Crippen LogP contribution in [-0.2, 0) is 0 Å². The average Bonchev–Trinajstić information content (AvgIpc) is 2.20. The lowest BCUT2D eigenvalue weighted by Gasteiger charge is -1.84. The second-order valence-corrected chi connectivity index (χ2v) is 3.90. The van der Waals surface area contributed by atoms with Crippen LogP contribution in [-0.4, -0.2) is 0 Å². The lowest BCUT2D eigenvalue weighted by Crippen LogP contribution is -1.62. The standard InChI is InChI=1S/C8H14.2C3H8.CH4/c1-7(2)5-6-8(3)4;2*1-3-2;/h5-6H,1-4H3;2*3H2,1-2H3;1H4/i;;;1D. The third kappa shape index (κ3) is 88.5. The highest BCUT2D eigenvalue weighted by Crippen LogP contribution is 1.93. The van der Waals surface area contributed by atoms with Crippen molar-refractivity contribution in [2.45, 2.75) is 75.6 Å². The van der Waals surface area contributed by atoms with Crippen LogP contribution in [0.5, 0.6) is 0 Å². The second kappa shape index (κ2) is 23.4. The molecule has 0 heteroatoms. The first kappa shape index (κ1) is 20.0. The second-order valence-electron chi connectivity index (χ2n) is 3.90. The van der Waals surface area contributed by atoms with Crippen LogP contribution < -0.4 is 0 Å². The van der Waals surface area contributed by atoms with E-state index >= 15 is 0 Å². The van der Waals surface area contributed by atoms with Gasteiger partial charge >= 0.3 is 0 Å². The predicted octanol–water partition coefficient (Wildman–Crippen LogP) is 6.39. The van der Waals surface area contributed by atoms with E-state index in [1.807, 2.05) is 0 Å². The van der Waals surface area contributed by atoms with Crippen molar-refractivity contribution in [1.29, 1.82) is 0 Å². The fraction of sp³-hybridized carbons (Fsp3) is 0.733. The Morgan fingerprint density at radius 3 is 1.00 bits per heavy atom. The van der Waals surface area contributed by atoms with E-state index in [9.17, 15) is 0 Å². The first-order chi connectivity index (χ1) is 7.45. The summed E-state index contributed by atoms with van der Waals surface area (Å²) < 4.78 is 5.75. The van der Waals surface area contributed by atoms with Crippen LogP contribution in [0.15, 0.2) is 23.3 Å². The quantitative estimate of drug-likeness (QED) is 0.445. The van der Waals surface area contributed by atoms with E-state index in [0.717, 1.165) is 0 Å². The van der Waals surface area contributed by atoms with E-state index in [2.05, 4.69) is 67.5 Å². The summed E-state index contributed by atoms with van der Waals surface area (Å²) in [7, 11) is 1.25. The molecule has 0 aromatic heterocycles. The normalized spacial score (nSPS) is 7.13. The molecule has 0 bridgehead atoms. The molecule has 0 radical (unpaired) electrons. The lowest BCUT2D eigenvalue weighted by atomic mass is 10.2. The van der Waals surface area contributed by atoms with Gasteiger partial charge in [0.2, 0.25) is 0 Å². The van der Waals surface area contributed by atoms with E-state index in [1.165, 1.54) is 31.4 Å². The van der Waals surface area contributed by atoms with Gasteiger partial charge < -0.3 is 0 Å². The van der Waals surface area contributed by atoms with Crippen molar-refractivity contribution in [3.8, 4) is 0 Å². The minimum Gasteiger partial charge on any atom is -0.0776 e. The van der Waals surface area contributed by atoms with Crippen molar-refractivity contribution in [2.75, 3.05) is 0 Å². The fourth-order valence-electron chi connectivity index (χ4n) is 0.333. The van der Waals surface area contributed by atoms with Gasteiger partial charge in [-0.25, -0.2) is 0 Å². The van der Waals surface area contributed by atoms with Crippen molar-refractivity contribution in [3.63, 3.8) is 0 Å². The smallest absolute Gasteiger partial charge is 0.0194 e. The summed E-state index contributed by atoms with van der Waals surface area (Å²) in [5, 5.41) is 0. The maximum absolute atomic E-state index is 5.75. The molecule has 0 saturated carbocycles. The van der Waals surface area contributed by atoms with E-state index in [4.69, 9.17) is 1.37 Å². The van der Waals surface area contributed by atoms with Crippen LogP contribution in [0.25, 0.3) is 0 Å². The highest BCUT2D eigenvalue weighted by molar-refractivity contribution is 5.12. The number of rotatable bonds is 1. The van der Waals surface area contributed by atoms with Gasteiger partial charge in [-0.2, -0.15) is 0 Å². The monoisotopic (exact) mass is 215 g/mol. The zero-order valence-electron chi connectivity index (χ0n) is 13.6. The largest absolute Gasteiger partial charge is 0.0776 e. The Balaban J connectivity index is -0.0000000752. The molecule has 0 aliphatic carbocycles. The summed E-state index contributed by atoms with van der Waals surface area (Å²) in [6.07, 6.45) is 6.74. The average molecular weight is 215 g/mol. The maximum atomic E-state index is 5.75. The molecule has 0 spiro atoms. The molecule has 0 aromatic carbocycles. The molecule has 0 saturated heterocycles. The SMILES string of the molecule is CC(C)=CC=C(C)C.CCC.CCC.[2H]C. The zero-order chi connectivity index (χ0) is 14.0. The van der Waals surface area contributed by atoms with Crippen molar-refractivity contribution in [3.05, 3.63) is 23.3 Å². The molecule has 0 aliphatic heterocycles. The van der Waals surface area contributed by atoms with Gasteiger partial charge in [-0.05, 0) is 27.7 Å². The molecule has 0 rings (SSSR count). The first-order valence-corrected chi connectivity index (χ1v) is 5.74. The summed E-state index contributed by atoms with van der Waals surface area (Å²) in [5.41, 5.74) is 2.71. The maximum Gasteiger partial charge on any atom is 0.0194 e. The third-order valence-corrected chi connectivity index (χ3v) is 0.750.